The Morgan fingerprint density at radius 3 is 2.28 bits per heavy atom. The lowest BCUT2D eigenvalue weighted by Crippen LogP contribution is -2.41. The van der Waals surface area contributed by atoms with E-state index in [1.807, 2.05) is 0 Å². The van der Waals surface area contributed by atoms with Gasteiger partial charge in [-0.05, 0) is 37.0 Å². The molecule has 0 bridgehead atoms. The third-order valence-corrected chi connectivity index (χ3v) is 3.58. The third-order valence-electron chi connectivity index (χ3n) is 3.58. The first-order valence-electron chi connectivity index (χ1n) is 7.46. The molecule has 108 valence electrons. The summed E-state index contributed by atoms with van der Waals surface area (Å²) in [5, 5.41) is 13.3. The molecule has 0 aromatic carbocycles. The molecule has 1 aliphatic rings. The average Bonchev–Trinajstić information content (AvgIpc) is 2.24. The monoisotopic (exact) mass is 257 g/mol. The van der Waals surface area contributed by atoms with Crippen molar-refractivity contribution in [1.82, 2.24) is 5.32 Å². The van der Waals surface area contributed by atoms with Gasteiger partial charge in [-0.3, -0.25) is 0 Å². The van der Waals surface area contributed by atoms with Crippen LogP contribution in [0.3, 0.4) is 0 Å². The van der Waals surface area contributed by atoms with E-state index in [1.54, 1.807) is 0 Å². The maximum atomic E-state index is 9.84. The average molecular weight is 257 g/mol. The topological polar surface area (TPSA) is 41.5 Å². The molecule has 0 aromatic rings. The molecule has 3 heteroatoms. The summed E-state index contributed by atoms with van der Waals surface area (Å²) < 4.78 is 5.45. The van der Waals surface area contributed by atoms with E-state index in [-0.39, 0.29) is 6.10 Å². The molecule has 3 nitrogen and oxygen atoms in total. The van der Waals surface area contributed by atoms with Gasteiger partial charge in [-0.1, -0.05) is 27.7 Å². The zero-order valence-corrected chi connectivity index (χ0v) is 12.5. The van der Waals surface area contributed by atoms with Gasteiger partial charge in [0.15, 0.2) is 0 Å². The van der Waals surface area contributed by atoms with Gasteiger partial charge in [-0.15, -0.1) is 0 Å². The van der Waals surface area contributed by atoms with E-state index < -0.39 is 0 Å². The normalized spacial score (nSPS) is 30.7. The Kier molecular flexibility index (Phi) is 7.20. The summed E-state index contributed by atoms with van der Waals surface area (Å²) in [4.78, 5) is 0. The van der Waals surface area contributed by atoms with Crippen molar-refractivity contribution >= 4 is 0 Å². The molecule has 1 aliphatic carbocycles. The highest BCUT2D eigenvalue weighted by Gasteiger charge is 2.23. The van der Waals surface area contributed by atoms with Crippen molar-refractivity contribution in [2.24, 2.45) is 17.8 Å². The van der Waals surface area contributed by atoms with Gasteiger partial charge in [0.25, 0.3) is 0 Å². The van der Waals surface area contributed by atoms with Gasteiger partial charge >= 0.3 is 0 Å². The first-order chi connectivity index (χ1) is 8.47. The minimum atomic E-state index is -0.378. The second-order valence-corrected chi connectivity index (χ2v) is 6.61. The Morgan fingerprint density at radius 1 is 1.11 bits per heavy atom. The number of hydrogen-bond acceptors (Lipinski definition) is 3. The van der Waals surface area contributed by atoms with Gasteiger partial charge in [-0.25, -0.2) is 0 Å². The fourth-order valence-corrected chi connectivity index (χ4v) is 2.92. The number of nitrogens with one attached hydrogen (secondary N) is 1. The number of aliphatic hydroxyl groups is 1. The Hall–Kier alpha value is -0.120. The Bertz CT molecular complexity index is 211. The van der Waals surface area contributed by atoms with Gasteiger partial charge in [-0.2, -0.15) is 0 Å². The standard InChI is InChI=1S/C15H31NO2/c1-11(2)9-18-10-15(17)8-16-14-6-12(3)5-13(4)7-14/h11-17H,5-10H2,1-4H3. The Morgan fingerprint density at radius 2 is 1.72 bits per heavy atom. The molecule has 1 rings (SSSR count). The largest absolute Gasteiger partial charge is 0.389 e. The molecule has 0 aliphatic heterocycles. The van der Waals surface area contributed by atoms with Crippen LogP contribution in [0.15, 0.2) is 0 Å². The number of ether oxygens (including phenoxy) is 1. The van der Waals surface area contributed by atoms with Crippen LogP contribution in [0.25, 0.3) is 0 Å². The minimum absolute atomic E-state index is 0.378. The Balaban J connectivity index is 2.11. The fourth-order valence-electron chi connectivity index (χ4n) is 2.92. The van der Waals surface area contributed by atoms with E-state index in [2.05, 4.69) is 33.0 Å². The van der Waals surface area contributed by atoms with Crippen molar-refractivity contribution in [2.45, 2.75) is 59.1 Å². The first-order valence-corrected chi connectivity index (χ1v) is 7.46. The highest BCUT2D eigenvalue weighted by molar-refractivity contribution is 4.80. The smallest absolute Gasteiger partial charge is 0.0897 e. The predicted molar refractivity (Wildman–Crippen MR) is 75.6 cm³/mol. The van der Waals surface area contributed by atoms with Crippen LogP contribution in [0.4, 0.5) is 0 Å². The molecule has 3 atom stereocenters. The molecule has 0 aromatic heterocycles. The van der Waals surface area contributed by atoms with Crippen LogP contribution in [-0.2, 0) is 4.74 Å². The lowest BCUT2D eigenvalue weighted by atomic mass is 9.80. The summed E-state index contributed by atoms with van der Waals surface area (Å²) in [6, 6.07) is 0.573. The second-order valence-electron chi connectivity index (χ2n) is 6.61. The van der Waals surface area contributed by atoms with Crippen molar-refractivity contribution in [3.05, 3.63) is 0 Å². The van der Waals surface area contributed by atoms with Crippen LogP contribution >= 0.6 is 0 Å². The van der Waals surface area contributed by atoms with Crippen molar-refractivity contribution in [2.75, 3.05) is 19.8 Å². The van der Waals surface area contributed by atoms with E-state index in [9.17, 15) is 5.11 Å². The number of aliphatic hydroxyl groups excluding tert-OH is 1. The summed E-state index contributed by atoms with van der Waals surface area (Å²) in [5.41, 5.74) is 0. The molecule has 1 saturated carbocycles. The van der Waals surface area contributed by atoms with Gasteiger partial charge < -0.3 is 15.2 Å². The predicted octanol–water partition coefficient (Wildman–Crippen LogP) is 2.43. The van der Waals surface area contributed by atoms with Crippen molar-refractivity contribution in [3.8, 4) is 0 Å². The molecule has 0 amide bonds. The summed E-state index contributed by atoms with van der Waals surface area (Å²) in [7, 11) is 0. The summed E-state index contributed by atoms with van der Waals surface area (Å²) in [6.45, 7) is 10.7. The highest BCUT2D eigenvalue weighted by atomic mass is 16.5. The zero-order chi connectivity index (χ0) is 13.5. The van der Waals surface area contributed by atoms with Crippen LogP contribution < -0.4 is 5.32 Å². The maximum absolute atomic E-state index is 9.84. The quantitative estimate of drug-likeness (QED) is 0.736. The van der Waals surface area contributed by atoms with E-state index in [1.165, 1.54) is 19.3 Å². The lowest BCUT2D eigenvalue weighted by molar-refractivity contribution is 0.0236. The molecule has 0 radical (unpaired) electrons. The summed E-state index contributed by atoms with van der Waals surface area (Å²) >= 11 is 0. The van der Waals surface area contributed by atoms with E-state index in [0.29, 0.717) is 25.1 Å². The zero-order valence-electron chi connectivity index (χ0n) is 12.5. The molecule has 2 N–H and O–H groups in total. The van der Waals surface area contributed by atoms with Crippen LogP contribution in [0.2, 0.25) is 0 Å². The number of hydrogen-bond donors (Lipinski definition) is 2. The highest BCUT2D eigenvalue weighted by Crippen LogP contribution is 2.28. The van der Waals surface area contributed by atoms with Crippen LogP contribution in [0, 0.1) is 17.8 Å². The van der Waals surface area contributed by atoms with Crippen molar-refractivity contribution < 1.29 is 9.84 Å². The second kappa shape index (κ2) is 8.13. The summed E-state index contributed by atoms with van der Waals surface area (Å²) in [6.07, 6.45) is 3.45. The Labute approximate surface area is 112 Å². The van der Waals surface area contributed by atoms with Crippen LogP contribution in [0.5, 0.6) is 0 Å². The molecular formula is C15H31NO2. The fraction of sp³-hybridized carbons (Fsp3) is 1.00. The molecular weight excluding hydrogens is 226 g/mol. The molecule has 0 heterocycles. The molecule has 0 spiro atoms. The lowest BCUT2D eigenvalue weighted by Gasteiger charge is -2.32. The SMILES string of the molecule is CC(C)COCC(O)CNC1CC(C)CC(C)C1. The summed E-state index contributed by atoms with van der Waals surface area (Å²) in [5.74, 6) is 2.14. The third kappa shape index (κ3) is 6.72. The van der Waals surface area contributed by atoms with Crippen LogP contribution in [-0.4, -0.2) is 37.0 Å². The number of rotatable bonds is 7. The van der Waals surface area contributed by atoms with Crippen LogP contribution in [0.1, 0.15) is 47.0 Å². The minimum Gasteiger partial charge on any atom is -0.389 e. The van der Waals surface area contributed by atoms with Crippen molar-refractivity contribution in [1.29, 1.82) is 0 Å². The van der Waals surface area contributed by atoms with E-state index >= 15 is 0 Å². The molecule has 18 heavy (non-hydrogen) atoms. The van der Waals surface area contributed by atoms with E-state index in [4.69, 9.17) is 4.74 Å². The van der Waals surface area contributed by atoms with Gasteiger partial charge in [0.2, 0.25) is 0 Å². The first kappa shape index (κ1) is 15.9. The molecule has 0 saturated heterocycles. The molecule has 3 unspecified atom stereocenters. The molecule has 1 fully saturated rings. The van der Waals surface area contributed by atoms with Crippen molar-refractivity contribution in [3.63, 3.8) is 0 Å². The maximum Gasteiger partial charge on any atom is 0.0897 e. The van der Waals surface area contributed by atoms with E-state index in [0.717, 1.165) is 18.4 Å². The van der Waals surface area contributed by atoms with Gasteiger partial charge in [0, 0.05) is 19.2 Å². The van der Waals surface area contributed by atoms with Gasteiger partial charge in [0.05, 0.1) is 12.7 Å². The van der Waals surface area contributed by atoms with Gasteiger partial charge in [0.1, 0.15) is 0 Å².